The number of aryl methyl sites for hydroxylation is 1. The van der Waals surface area contributed by atoms with Gasteiger partial charge in [-0.2, -0.15) is 0 Å². The molecule has 1 unspecified atom stereocenters. The molecule has 84 valence electrons. The minimum Gasteiger partial charge on any atom is -0.349 e. The summed E-state index contributed by atoms with van der Waals surface area (Å²) in [5.74, 6) is 0.466. The lowest BCUT2D eigenvalue weighted by atomic mass is 10.2. The Balaban J connectivity index is 2.86. The van der Waals surface area contributed by atoms with Crippen LogP contribution in [0, 0.1) is 0 Å². The van der Waals surface area contributed by atoms with E-state index in [-0.39, 0.29) is 5.43 Å². The van der Waals surface area contributed by atoms with E-state index >= 15 is 0 Å². The molecule has 0 aliphatic rings. The van der Waals surface area contributed by atoms with Crippen molar-refractivity contribution < 1.29 is 4.21 Å². The molecule has 0 bridgehead atoms. The van der Waals surface area contributed by atoms with E-state index in [4.69, 9.17) is 0 Å². The molecule has 4 heteroatoms. The summed E-state index contributed by atoms with van der Waals surface area (Å²) < 4.78 is 13.6. The van der Waals surface area contributed by atoms with E-state index in [9.17, 15) is 9.00 Å². The maximum atomic E-state index is 12.1. The lowest BCUT2D eigenvalue weighted by Gasteiger charge is -2.07. The van der Waals surface area contributed by atoms with Crippen molar-refractivity contribution in [1.29, 1.82) is 0 Å². The Labute approximate surface area is 96.2 Å². The predicted molar refractivity (Wildman–Crippen MR) is 66.1 cm³/mol. The lowest BCUT2D eigenvalue weighted by molar-refractivity contribution is 0.682. The Kier molecular flexibility index (Phi) is 2.92. The highest BCUT2D eigenvalue weighted by atomic mass is 32.2. The van der Waals surface area contributed by atoms with Crippen LogP contribution in [0.2, 0.25) is 0 Å². The zero-order chi connectivity index (χ0) is 11.7. The van der Waals surface area contributed by atoms with Gasteiger partial charge in [0.1, 0.15) is 4.90 Å². The van der Waals surface area contributed by atoms with E-state index in [0.29, 0.717) is 16.0 Å². The average Bonchev–Trinajstić information content (AvgIpc) is 2.33. The summed E-state index contributed by atoms with van der Waals surface area (Å²) in [5.41, 5.74) is 0.748. The average molecular weight is 235 g/mol. The first kappa shape index (κ1) is 11.1. The fourth-order valence-corrected chi connectivity index (χ4v) is 2.63. The molecule has 2 rings (SSSR count). The largest absolute Gasteiger partial charge is 0.349 e. The van der Waals surface area contributed by atoms with Gasteiger partial charge in [0.15, 0.2) is 0 Å². The SMILES string of the molecule is CCS(=O)c1cn(C)c2ccccc2c1=O. The van der Waals surface area contributed by atoms with Crippen LogP contribution in [-0.2, 0) is 17.8 Å². The van der Waals surface area contributed by atoms with Crippen LogP contribution in [0.3, 0.4) is 0 Å². The molecule has 2 aromatic rings. The predicted octanol–water partition coefficient (Wildman–Crippen LogP) is 1.67. The van der Waals surface area contributed by atoms with Crippen molar-refractivity contribution in [2.75, 3.05) is 5.75 Å². The summed E-state index contributed by atoms with van der Waals surface area (Å²) in [5, 5.41) is 0.629. The first-order valence-corrected chi connectivity index (χ1v) is 6.43. The number of aromatic nitrogens is 1. The van der Waals surface area contributed by atoms with Crippen molar-refractivity contribution in [3.05, 3.63) is 40.7 Å². The van der Waals surface area contributed by atoms with Crippen LogP contribution in [0.5, 0.6) is 0 Å². The fourth-order valence-electron chi connectivity index (χ4n) is 1.73. The van der Waals surface area contributed by atoms with Crippen molar-refractivity contribution in [2.45, 2.75) is 11.8 Å². The molecule has 1 aromatic carbocycles. The van der Waals surface area contributed by atoms with E-state index in [1.807, 2.05) is 36.7 Å². The molecule has 0 amide bonds. The van der Waals surface area contributed by atoms with Gasteiger partial charge in [-0.05, 0) is 12.1 Å². The highest BCUT2D eigenvalue weighted by Gasteiger charge is 2.10. The topological polar surface area (TPSA) is 39.1 Å². The molecule has 0 spiro atoms. The smallest absolute Gasteiger partial charge is 0.205 e. The van der Waals surface area contributed by atoms with Gasteiger partial charge in [0.2, 0.25) is 5.43 Å². The van der Waals surface area contributed by atoms with Gasteiger partial charge in [0.05, 0.1) is 16.3 Å². The monoisotopic (exact) mass is 235 g/mol. The van der Waals surface area contributed by atoms with Crippen molar-refractivity contribution >= 4 is 21.7 Å². The van der Waals surface area contributed by atoms with Crippen LogP contribution in [0.25, 0.3) is 10.9 Å². The van der Waals surface area contributed by atoms with E-state index in [1.165, 1.54) is 0 Å². The van der Waals surface area contributed by atoms with E-state index in [0.717, 1.165) is 5.52 Å². The standard InChI is InChI=1S/C12H13NO2S/c1-3-16(15)11-8-13(2)10-7-5-4-6-9(10)12(11)14/h4-8H,3H2,1-2H3. The number of rotatable bonds is 2. The molecule has 16 heavy (non-hydrogen) atoms. The van der Waals surface area contributed by atoms with Crippen LogP contribution >= 0.6 is 0 Å². The van der Waals surface area contributed by atoms with Crippen LogP contribution in [0.15, 0.2) is 40.2 Å². The molecule has 1 atom stereocenters. The second kappa shape index (κ2) is 4.22. The van der Waals surface area contributed by atoms with Gasteiger partial charge in [0.25, 0.3) is 0 Å². The lowest BCUT2D eigenvalue weighted by Crippen LogP contribution is -2.15. The van der Waals surface area contributed by atoms with E-state index < -0.39 is 10.8 Å². The summed E-state index contributed by atoms with van der Waals surface area (Å²) in [7, 11) is 0.658. The normalized spacial score (nSPS) is 12.9. The Bertz CT molecular complexity index is 616. The molecular formula is C12H13NO2S. The number of nitrogens with zero attached hydrogens (tertiary/aromatic N) is 1. The van der Waals surface area contributed by atoms with Gasteiger partial charge < -0.3 is 4.57 Å². The molecular weight excluding hydrogens is 222 g/mol. The first-order valence-electron chi connectivity index (χ1n) is 5.12. The maximum absolute atomic E-state index is 12.1. The third kappa shape index (κ3) is 1.69. The molecule has 0 N–H and O–H groups in total. The quantitative estimate of drug-likeness (QED) is 0.794. The van der Waals surface area contributed by atoms with Crippen LogP contribution < -0.4 is 5.43 Å². The van der Waals surface area contributed by atoms with Crippen molar-refractivity contribution in [1.82, 2.24) is 4.57 Å². The summed E-state index contributed by atoms with van der Waals surface area (Å²) in [4.78, 5) is 12.5. The summed E-state index contributed by atoms with van der Waals surface area (Å²) in [6.45, 7) is 1.81. The van der Waals surface area contributed by atoms with Gasteiger partial charge >= 0.3 is 0 Å². The molecule has 0 saturated heterocycles. The number of hydrogen-bond acceptors (Lipinski definition) is 2. The second-order valence-electron chi connectivity index (χ2n) is 3.58. The highest BCUT2D eigenvalue weighted by Crippen LogP contribution is 2.12. The second-order valence-corrected chi connectivity index (χ2v) is 5.29. The zero-order valence-corrected chi connectivity index (χ0v) is 10.1. The summed E-state index contributed by atoms with van der Waals surface area (Å²) in [6.07, 6.45) is 1.67. The Morgan fingerprint density at radius 2 is 2.00 bits per heavy atom. The van der Waals surface area contributed by atoms with Crippen molar-refractivity contribution in [2.24, 2.45) is 7.05 Å². The zero-order valence-electron chi connectivity index (χ0n) is 9.27. The third-order valence-corrected chi connectivity index (χ3v) is 3.88. The van der Waals surface area contributed by atoms with Gasteiger partial charge in [-0.1, -0.05) is 19.1 Å². The minimum absolute atomic E-state index is 0.117. The minimum atomic E-state index is -1.20. The molecule has 0 aliphatic carbocycles. The molecule has 1 aromatic heterocycles. The molecule has 3 nitrogen and oxygen atoms in total. The van der Waals surface area contributed by atoms with Crippen LogP contribution in [0.1, 0.15) is 6.92 Å². The van der Waals surface area contributed by atoms with E-state index in [1.54, 1.807) is 12.3 Å². The Morgan fingerprint density at radius 3 is 2.69 bits per heavy atom. The van der Waals surface area contributed by atoms with Gasteiger partial charge in [-0.3, -0.25) is 9.00 Å². The molecule has 0 aliphatic heterocycles. The first-order chi connectivity index (χ1) is 7.65. The summed E-state index contributed by atoms with van der Waals surface area (Å²) in [6, 6.07) is 7.37. The van der Waals surface area contributed by atoms with Gasteiger partial charge in [0, 0.05) is 24.4 Å². The Hall–Kier alpha value is -1.42. The van der Waals surface area contributed by atoms with E-state index in [2.05, 4.69) is 0 Å². The van der Waals surface area contributed by atoms with Crippen LogP contribution in [-0.4, -0.2) is 14.5 Å². The summed E-state index contributed by atoms with van der Waals surface area (Å²) >= 11 is 0. The Morgan fingerprint density at radius 1 is 1.31 bits per heavy atom. The van der Waals surface area contributed by atoms with Gasteiger partial charge in [-0.25, -0.2) is 0 Å². The number of hydrogen-bond donors (Lipinski definition) is 0. The number of pyridine rings is 1. The molecule has 1 heterocycles. The van der Waals surface area contributed by atoms with Crippen molar-refractivity contribution in [3.8, 4) is 0 Å². The number of benzene rings is 1. The van der Waals surface area contributed by atoms with Crippen LogP contribution in [0.4, 0.5) is 0 Å². The number of para-hydroxylation sites is 1. The maximum Gasteiger partial charge on any atom is 0.205 e. The fraction of sp³-hybridized carbons (Fsp3) is 0.250. The van der Waals surface area contributed by atoms with Gasteiger partial charge in [-0.15, -0.1) is 0 Å². The molecule has 0 fully saturated rings. The third-order valence-electron chi connectivity index (χ3n) is 2.57. The number of fused-ring (bicyclic) bond motifs is 1. The molecule has 0 radical (unpaired) electrons. The molecule has 0 saturated carbocycles. The highest BCUT2D eigenvalue weighted by molar-refractivity contribution is 7.85. The van der Waals surface area contributed by atoms with Crippen molar-refractivity contribution in [3.63, 3.8) is 0 Å².